The van der Waals surface area contributed by atoms with Gasteiger partial charge in [-0.25, -0.2) is 0 Å². The highest BCUT2D eigenvalue weighted by molar-refractivity contribution is 7.98. The summed E-state index contributed by atoms with van der Waals surface area (Å²) in [4.78, 5) is 3.95. The van der Waals surface area contributed by atoms with Crippen LogP contribution in [-0.4, -0.2) is 15.2 Å². The average Bonchev–Trinajstić information content (AvgIpc) is 2.47. The molecule has 0 bridgehead atoms. The van der Waals surface area contributed by atoms with E-state index in [4.69, 9.17) is 0 Å². The van der Waals surface area contributed by atoms with Crippen LogP contribution in [0.15, 0.2) is 18.5 Å². The second-order valence-electron chi connectivity index (χ2n) is 2.40. The predicted molar refractivity (Wildman–Crippen MR) is 54.6 cm³/mol. The Kier molecular flexibility index (Phi) is 1.98. The highest BCUT2D eigenvalue weighted by Gasteiger charge is 2.08. The molecule has 1 N–H and O–H groups in total. The van der Waals surface area contributed by atoms with Gasteiger partial charge in [0.1, 0.15) is 5.52 Å². The fourth-order valence-electron chi connectivity index (χ4n) is 1.08. The van der Waals surface area contributed by atoms with E-state index in [-0.39, 0.29) is 4.58 Å². The Labute approximate surface area is 80.4 Å². The van der Waals surface area contributed by atoms with E-state index >= 15 is 0 Å². The first-order valence-electron chi connectivity index (χ1n) is 3.43. The van der Waals surface area contributed by atoms with Gasteiger partial charge in [-0.1, -0.05) is 0 Å². The summed E-state index contributed by atoms with van der Waals surface area (Å²) in [5, 5.41) is 7.95. The van der Waals surface area contributed by atoms with Crippen molar-refractivity contribution in [3.63, 3.8) is 0 Å². The maximum atomic E-state index is 4.20. The van der Waals surface area contributed by atoms with Crippen LogP contribution < -0.4 is 0 Å². The zero-order chi connectivity index (χ0) is 8.55. The van der Waals surface area contributed by atoms with Crippen molar-refractivity contribution in [2.45, 2.75) is 4.58 Å². The number of aromatic nitrogens is 3. The van der Waals surface area contributed by atoms with Crippen LogP contribution in [0.2, 0.25) is 0 Å². The number of nitrogens with one attached hydrogen (secondary N) is 1. The van der Waals surface area contributed by atoms with Crippen LogP contribution in [0.4, 0.5) is 0 Å². The summed E-state index contributed by atoms with van der Waals surface area (Å²) in [6.07, 6.45) is 3.44. The van der Waals surface area contributed by atoms with Crippen molar-refractivity contribution in [3.8, 4) is 0 Å². The second-order valence-corrected chi connectivity index (χ2v) is 3.84. The average molecular weight is 197 g/mol. The summed E-state index contributed by atoms with van der Waals surface area (Å²) in [5.74, 6) is 0. The maximum Gasteiger partial charge on any atom is 0.111 e. The lowest BCUT2D eigenvalue weighted by atomic mass is 10.3. The van der Waals surface area contributed by atoms with E-state index < -0.39 is 0 Å². The minimum absolute atomic E-state index is 0.127. The SMILES string of the molecule is SC(S)c1[nH]nc2cnccc12. The molecule has 5 heteroatoms. The van der Waals surface area contributed by atoms with Crippen molar-refractivity contribution in [1.82, 2.24) is 15.2 Å². The van der Waals surface area contributed by atoms with Crippen molar-refractivity contribution in [2.75, 3.05) is 0 Å². The van der Waals surface area contributed by atoms with Gasteiger partial charge in [0.05, 0.1) is 16.5 Å². The number of rotatable bonds is 1. The Morgan fingerprint density at radius 1 is 1.42 bits per heavy atom. The molecule has 0 radical (unpaired) electrons. The van der Waals surface area contributed by atoms with E-state index in [2.05, 4.69) is 40.4 Å². The summed E-state index contributed by atoms with van der Waals surface area (Å²) in [7, 11) is 0. The van der Waals surface area contributed by atoms with Gasteiger partial charge in [-0.05, 0) is 6.07 Å². The molecule has 0 aliphatic heterocycles. The van der Waals surface area contributed by atoms with Crippen LogP contribution in [0, 0.1) is 0 Å². The van der Waals surface area contributed by atoms with Crippen LogP contribution in [0.3, 0.4) is 0 Å². The third-order valence-corrected chi connectivity index (χ3v) is 2.16. The fraction of sp³-hybridized carbons (Fsp3) is 0.143. The second kappa shape index (κ2) is 2.99. The molecule has 2 heterocycles. The predicted octanol–water partition coefficient (Wildman–Crippen LogP) is 1.82. The van der Waals surface area contributed by atoms with E-state index in [1.165, 1.54) is 0 Å². The number of hydrogen-bond donors (Lipinski definition) is 3. The van der Waals surface area contributed by atoms with Crippen molar-refractivity contribution < 1.29 is 0 Å². The molecule has 0 atom stereocenters. The van der Waals surface area contributed by atoms with Crippen LogP contribution in [0.5, 0.6) is 0 Å². The molecule has 3 nitrogen and oxygen atoms in total. The van der Waals surface area contributed by atoms with E-state index in [9.17, 15) is 0 Å². The van der Waals surface area contributed by atoms with Crippen molar-refractivity contribution in [1.29, 1.82) is 0 Å². The van der Waals surface area contributed by atoms with Gasteiger partial charge in [-0.15, -0.1) is 0 Å². The molecule has 0 fully saturated rings. The number of pyridine rings is 1. The van der Waals surface area contributed by atoms with E-state index in [1.807, 2.05) is 6.07 Å². The third-order valence-electron chi connectivity index (χ3n) is 1.65. The maximum absolute atomic E-state index is 4.20. The van der Waals surface area contributed by atoms with E-state index in [0.717, 1.165) is 16.6 Å². The lowest BCUT2D eigenvalue weighted by Gasteiger charge is -1.98. The van der Waals surface area contributed by atoms with Gasteiger partial charge in [-0.3, -0.25) is 10.1 Å². The minimum Gasteiger partial charge on any atom is -0.279 e. The van der Waals surface area contributed by atoms with Gasteiger partial charge in [0, 0.05) is 11.6 Å². The third kappa shape index (κ3) is 1.19. The van der Waals surface area contributed by atoms with Crippen LogP contribution in [0.25, 0.3) is 10.9 Å². The number of fused-ring (bicyclic) bond motifs is 1. The van der Waals surface area contributed by atoms with Gasteiger partial charge in [0.15, 0.2) is 0 Å². The number of hydrogen-bond acceptors (Lipinski definition) is 4. The van der Waals surface area contributed by atoms with Gasteiger partial charge in [-0.2, -0.15) is 30.4 Å². The highest BCUT2D eigenvalue weighted by atomic mass is 32.2. The first-order valence-corrected chi connectivity index (χ1v) is 4.46. The smallest absolute Gasteiger partial charge is 0.111 e. The quantitative estimate of drug-likeness (QED) is 0.482. The molecule has 0 amide bonds. The Morgan fingerprint density at radius 3 is 3.00 bits per heavy atom. The Hall–Kier alpha value is -0.680. The molecule has 2 aromatic rings. The first kappa shape index (κ1) is 7.94. The highest BCUT2D eigenvalue weighted by Crippen LogP contribution is 2.27. The molecular weight excluding hydrogens is 190 g/mol. The summed E-state index contributed by atoms with van der Waals surface area (Å²) >= 11 is 8.40. The topological polar surface area (TPSA) is 41.6 Å². The zero-order valence-electron chi connectivity index (χ0n) is 6.10. The molecule has 0 unspecified atom stereocenters. The number of H-pyrrole nitrogens is 1. The van der Waals surface area contributed by atoms with Crippen LogP contribution in [-0.2, 0) is 0 Å². The Balaban J connectivity index is 2.70. The number of nitrogens with zero attached hydrogens (tertiary/aromatic N) is 2. The molecule has 62 valence electrons. The van der Waals surface area contributed by atoms with Crippen LogP contribution >= 0.6 is 25.3 Å². The molecule has 0 aliphatic rings. The minimum atomic E-state index is -0.127. The van der Waals surface area contributed by atoms with Crippen molar-refractivity contribution in [2.24, 2.45) is 0 Å². The van der Waals surface area contributed by atoms with Gasteiger partial charge >= 0.3 is 0 Å². The van der Waals surface area contributed by atoms with Gasteiger partial charge in [0.25, 0.3) is 0 Å². The summed E-state index contributed by atoms with van der Waals surface area (Å²) in [6, 6.07) is 1.90. The summed E-state index contributed by atoms with van der Waals surface area (Å²) < 4.78 is -0.127. The van der Waals surface area contributed by atoms with E-state index in [0.29, 0.717) is 0 Å². The lowest BCUT2D eigenvalue weighted by Crippen LogP contribution is -1.81. The summed E-state index contributed by atoms with van der Waals surface area (Å²) in [6.45, 7) is 0. The largest absolute Gasteiger partial charge is 0.279 e. The number of aromatic amines is 1. The molecule has 0 aromatic carbocycles. The molecule has 0 saturated heterocycles. The monoisotopic (exact) mass is 197 g/mol. The van der Waals surface area contributed by atoms with Gasteiger partial charge < -0.3 is 0 Å². The zero-order valence-corrected chi connectivity index (χ0v) is 7.89. The van der Waals surface area contributed by atoms with Crippen molar-refractivity contribution >= 4 is 36.2 Å². The van der Waals surface area contributed by atoms with E-state index in [1.54, 1.807) is 12.4 Å². The lowest BCUT2D eigenvalue weighted by molar-refractivity contribution is 1.05. The molecule has 2 aromatic heterocycles. The Bertz CT molecular complexity index is 396. The molecular formula is C7H7N3S2. The normalized spacial score (nSPS) is 11.2. The van der Waals surface area contributed by atoms with Gasteiger partial charge in [0.2, 0.25) is 0 Å². The standard InChI is InChI=1S/C7H7N3S2/c11-7(12)6-4-1-2-8-3-5(4)9-10-6/h1-3,7,11-12H,(H,9,10). The molecule has 12 heavy (non-hydrogen) atoms. The Morgan fingerprint density at radius 2 is 2.25 bits per heavy atom. The number of thiol groups is 2. The van der Waals surface area contributed by atoms with Crippen molar-refractivity contribution in [3.05, 3.63) is 24.2 Å². The molecule has 0 saturated carbocycles. The van der Waals surface area contributed by atoms with Crippen LogP contribution in [0.1, 0.15) is 10.3 Å². The fourth-order valence-corrected chi connectivity index (χ4v) is 1.47. The molecule has 0 aliphatic carbocycles. The summed E-state index contributed by atoms with van der Waals surface area (Å²) in [5.41, 5.74) is 1.76. The molecule has 0 spiro atoms. The first-order chi connectivity index (χ1) is 5.79. The molecule has 2 rings (SSSR count).